The van der Waals surface area contributed by atoms with Crippen molar-refractivity contribution >= 4 is 5.96 Å². The summed E-state index contributed by atoms with van der Waals surface area (Å²) in [5, 5.41) is 10.9. The van der Waals surface area contributed by atoms with E-state index in [1.54, 1.807) is 11.7 Å². The van der Waals surface area contributed by atoms with Gasteiger partial charge in [-0.3, -0.25) is 9.67 Å². The summed E-state index contributed by atoms with van der Waals surface area (Å²) in [7, 11) is 3.68. The summed E-state index contributed by atoms with van der Waals surface area (Å²) < 4.78 is 7.52. The molecule has 0 spiro atoms. The molecule has 1 heterocycles. The van der Waals surface area contributed by atoms with E-state index in [-0.39, 0.29) is 6.04 Å². The van der Waals surface area contributed by atoms with Crippen LogP contribution in [-0.2, 0) is 13.6 Å². The Balaban J connectivity index is 1.87. The molecule has 1 aromatic heterocycles. The number of hydrogen-bond donors (Lipinski definition) is 2. The maximum Gasteiger partial charge on any atom is 0.191 e. The van der Waals surface area contributed by atoms with Crippen LogP contribution in [0.3, 0.4) is 0 Å². The van der Waals surface area contributed by atoms with Gasteiger partial charge in [-0.25, -0.2) is 0 Å². The van der Waals surface area contributed by atoms with Crippen LogP contribution in [0.5, 0.6) is 5.75 Å². The topological polar surface area (TPSA) is 63.5 Å². The molecule has 0 aliphatic rings. The Bertz CT molecular complexity index is 675. The second kappa shape index (κ2) is 9.11. The minimum Gasteiger partial charge on any atom is -0.493 e. The van der Waals surface area contributed by atoms with Crippen LogP contribution in [-0.4, -0.2) is 29.4 Å². The molecular weight excluding hydrogens is 314 g/mol. The molecule has 0 fully saturated rings. The molecule has 136 valence electrons. The van der Waals surface area contributed by atoms with Crippen LogP contribution >= 0.6 is 0 Å². The van der Waals surface area contributed by atoms with E-state index in [0.29, 0.717) is 12.5 Å². The van der Waals surface area contributed by atoms with Crippen LogP contribution in [0.15, 0.2) is 41.7 Å². The number of aryl methyl sites for hydroxylation is 1. The van der Waals surface area contributed by atoms with E-state index >= 15 is 0 Å². The van der Waals surface area contributed by atoms with Crippen molar-refractivity contribution in [2.24, 2.45) is 18.0 Å². The zero-order chi connectivity index (χ0) is 18.2. The van der Waals surface area contributed by atoms with Crippen LogP contribution in [0.2, 0.25) is 0 Å². The van der Waals surface area contributed by atoms with Crippen LogP contribution in [0.1, 0.15) is 37.9 Å². The minimum absolute atomic E-state index is 0.138. The maximum atomic E-state index is 5.73. The van der Waals surface area contributed by atoms with Crippen molar-refractivity contribution in [3.8, 4) is 5.75 Å². The van der Waals surface area contributed by atoms with Gasteiger partial charge in [0.15, 0.2) is 5.96 Å². The number of aromatic nitrogens is 2. The summed E-state index contributed by atoms with van der Waals surface area (Å²) in [5.41, 5.74) is 2.30. The van der Waals surface area contributed by atoms with Gasteiger partial charge in [-0.1, -0.05) is 26.0 Å². The third-order valence-electron chi connectivity index (χ3n) is 3.76. The monoisotopic (exact) mass is 343 g/mol. The normalized spacial score (nSPS) is 13.0. The lowest BCUT2D eigenvalue weighted by atomic mass is 10.1. The van der Waals surface area contributed by atoms with Gasteiger partial charge in [0.2, 0.25) is 0 Å². The summed E-state index contributed by atoms with van der Waals surface area (Å²) >= 11 is 0. The molecule has 0 aliphatic heterocycles. The van der Waals surface area contributed by atoms with Crippen molar-refractivity contribution in [3.63, 3.8) is 0 Å². The van der Waals surface area contributed by atoms with Crippen molar-refractivity contribution in [3.05, 3.63) is 47.8 Å². The van der Waals surface area contributed by atoms with Gasteiger partial charge in [0.05, 0.1) is 18.8 Å². The van der Waals surface area contributed by atoms with Crippen LogP contribution in [0.25, 0.3) is 0 Å². The lowest BCUT2D eigenvalue weighted by Crippen LogP contribution is -2.38. The number of benzene rings is 1. The van der Waals surface area contributed by atoms with Crippen LogP contribution in [0.4, 0.5) is 0 Å². The molecule has 6 nitrogen and oxygen atoms in total. The van der Waals surface area contributed by atoms with Crippen molar-refractivity contribution in [1.29, 1.82) is 0 Å². The Morgan fingerprint density at radius 3 is 2.52 bits per heavy atom. The second-order valence-corrected chi connectivity index (χ2v) is 6.59. The molecule has 1 atom stereocenters. The zero-order valence-electron chi connectivity index (χ0n) is 15.8. The zero-order valence-corrected chi connectivity index (χ0v) is 15.8. The quantitative estimate of drug-likeness (QED) is 0.599. The Hall–Kier alpha value is -2.50. The SMILES string of the molecule is CN=C(NCc1cnn(C)c1)NC(C)c1ccc(OCC(C)C)cc1. The van der Waals surface area contributed by atoms with Gasteiger partial charge in [-0.15, -0.1) is 0 Å². The van der Waals surface area contributed by atoms with E-state index in [1.807, 2.05) is 31.6 Å². The first kappa shape index (κ1) is 18.8. The minimum atomic E-state index is 0.138. The molecule has 1 aromatic carbocycles. The highest BCUT2D eigenvalue weighted by atomic mass is 16.5. The first-order valence-corrected chi connectivity index (χ1v) is 8.65. The van der Waals surface area contributed by atoms with Crippen molar-refractivity contribution in [1.82, 2.24) is 20.4 Å². The molecule has 1 unspecified atom stereocenters. The second-order valence-electron chi connectivity index (χ2n) is 6.59. The number of rotatable bonds is 7. The summed E-state index contributed by atoms with van der Waals surface area (Å²) in [5.74, 6) is 2.19. The van der Waals surface area contributed by atoms with Gasteiger partial charge >= 0.3 is 0 Å². The average Bonchev–Trinajstić information content (AvgIpc) is 3.02. The highest BCUT2D eigenvalue weighted by Gasteiger charge is 2.08. The fraction of sp³-hybridized carbons (Fsp3) is 0.474. The first-order chi connectivity index (χ1) is 12.0. The number of hydrogen-bond acceptors (Lipinski definition) is 3. The van der Waals surface area contributed by atoms with Gasteiger partial charge < -0.3 is 15.4 Å². The Morgan fingerprint density at radius 1 is 1.24 bits per heavy atom. The summed E-state index contributed by atoms with van der Waals surface area (Å²) in [6, 6.07) is 8.34. The Kier molecular flexibility index (Phi) is 6.86. The molecule has 0 amide bonds. The van der Waals surface area contributed by atoms with Crippen molar-refractivity contribution < 1.29 is 4.74 Å². The van der Waals surface area contributed by atoms with E-state index in [4.69, 9.17) is 4.74 Å². The Labute approximate surface area is 150 Å². The van der Waals surface area contributed by atoms with Crippen molar-refractivity contribution in [2.45, 2.75) is 33.4 Å². The maximum absolute atomic E-state index is 5.73. The van der Waals surface area contributed by atoms with Gasteiger partial charge in [0.25, 0.3) is 0 Å². The number of nitrogens with one attached hydrogen (secondary N) is 2. The van der Waals surface area contributed by atoms with Gasteiger partial charge in [0, 0.05) is 32.4 Å². The lowest BCUT2D eigenvalue weighted by Gasteiger charge is -2.18. The molecule has 0 radical (unpaired) electrons. The largest absolute Gasteiger partial charge is 0.493 e. The number of guanidine groups is 1. The molecule has 2 rings (SSSR count). The standard InChI is InChI=1S/C19H29N5O/c1-14(2)13-25-18-8-6-17(7-9-18)15(3)23-19(20-4)21-10-16-11-22-24(5)12-16/h6-9,11-12,14-15H,10,13H2,1-5H3,(H2,20,21,23). The van der Waals surface area contributed by atoms with E-state index in [0.717, 1.165) is 23.9 Å². The highest BCUT2D eigenvalue weighted by Crippen LogP contribution is 2.18. The number of aliphatic imine (C=N–C) groups is 1. The Morgan fingerprint density at radius 2 is 1.96 bits per heavy atom. The molecule has 0 saturated heterocycles. The van der Waals surface area contributed by atoms with E-state index in [2.05, 4.69) is 53.6 Å². The summed E-state index contributed by atoms with van der Waals surface area (Å²) in [4.78, 5) is 4.28. The third kappa shape index (κ3) is 6.14. The molecular formula is C19H29N5O. The lowest BCUT2D eigenvalue weighted by molar-refractivity contribution is 0.271. The smallest absolute Gasteiger partial charge is 0.191 e. The highest BCUT2D eigenvalue weighted by molar-refractivity contribution is 5.80. The molecule has 6 heteroatoms. The van der Waals surface area contributed by atoms with Crippen LogP contribution < -0.4 is 15.4 Å². The molecule has 2 N–H and O–H groups in total. The summed E-state index contributed by atoms with van der Waals surface area (Å²) in [6.07, 6.45) is 3.83. The van der Waals surface area contributed by atoms with Gasteiger partial charge in [-0.05, 0) is 30.5 Å². The predicted molar refractivity (Wildman–Crippen MR) is 102 cm³/mol. The third-order valence-corrected chi connectivity index (χ3v) is 3.76. The van der Waals surface area contributed by atoms with Gasteiger partial charge in [-0.2, -0.15) is 5.10 Å². The summed E-state index contributed by atoms with van der Waals surface area (Å²) in [6.45, 7) is 7.82. The molecule has 0 bridgehead atoms. The number of nitrogens with zero attached hydrogens (tertiary/aromatic N) is 3. The van der Waals surface area contributed by atoms with E-state index in [9.17, 15) is 0 Å². The molecule has 0 aliphatic carbocycles. The van der Waals surface area contributed by atoms with E-state index in [1.165, 1.54) is 5.56 Å². The van der Waals surface area contributed by atoms with E-state index < -0.39 is 0 Å². The number of ether oxygens (including phenoxy) is 1. The molecule has 25 heavy (non-hydrogen) atoms. The fourth-order valence-electron chi connectivity index (χ4n) is 2.35. The molecule has 2 aromatic rings. The van der Waals surface area contributed by atoms with Gasteiger partial charge in [0.1, 0.15) is 5.75 Å². The predicted octanol–water partition coefficient (Wildman–Crippen LogP) is 2.88. The average molecular weight is 343 g/mol. The van der Waals surface area contributed by atoms with Crippen molar-refractivity contribution in [2.75, 3.05) is 13.7 Å². The fourth-order valence-corrected chi connectivity index (χ4v) is 2.35. The molecule has 0 saturated carbocycles. The first-order valence-electron chi connectivity index (χ1n) is 8.65. The van der Waals surface area contributed by atoms with Crippen LogP contribution in [0, 0.1) is 5.92 Å².